The largest absolute Gasteiger partial charge is 0.384 e. The molecule has 0 bridgehead atoms. The van der Waals surface area contributed by atoms with E-state index in [4.69, 9.17) is 0 Å². The number of aliphatic hydroxyl groups is 1. The predicted molar refractivity (Wildman–Crippen MR) is 120 cm³/mol. The molecule has 0 radical (unpaired) electrons. The minimum atomic E-state index is -0.967. The van der Waals surface area contributed by atoms with Crippen molar-refractivity contribution < 1.29 is 5.11 Å². The first-order valence-corrected chi connectivity index (χ1v) is 9.57. The summed E-state index contributed by atoms with van der Waals surface area (Å²) in [4.78, 5) is 7.13. The molecule has 26 heavy (non-hydrogen) atoms. The van der Waals surface area contributed by atoms with Gasteiger partial charge in [-0.15, -0.1) is 24.0 Å². The van der Waals surface area contributed by atoms with Crippen molar-refractivity contribution >= 4 is 29.9 Å². The summed E-state index contributed by atoms with van der Waals surface area (Å²) in [5.74, 6) is 0.767. The van der Waals surface area contributed by atoms with E-state index < -0.39 is 5.60 Å². The van der Waals surface area contributed by atoms with Crippen molar-refractivity contribution in [2.75, 3.05) is 32.7 Å². The van der Waals surface area contributed by atoms with Crippen LogP contribution in [0.5, 0.6) is 0 Å². The van der Waals surface area contributed by atoms with Gasteiger partial charge in [-0.3, -0.25) is 4.90 Å². The minimum absolute atomic E-state index is 0. The molecule has 0 saturated carbocycles. The molecule has 3 N–H and O–H groups in total. The highest BCUT2D eigenvalue weighted by Crippen LogP contribution is 2.20. The van der Waals surface area contributed by atoms with Gasteiger partial charge < -0.3 is 15.7 Å². The Morgan fingerprint density at radius 1 is 1.27 bits per heavy atom. The number of piperidine rings is 1. The Hall–Kier alpha value is -0.860. The number of guanidine groups is 1. The number of aliphatic imine (C=N–C) groups is 1. The third-order valence-corrected chi connectivity index (χ3v) is 4.92. The van der Waals surface area contributed by atoms with Crippen molar-refractivity contribution in [1.82, 2.24) is 15.5 Å². The second-order valence-corrected chi connectivity index (χ2v) is 7.14. The molecule has 1 aromatic carbocycles. The molecule has 1 aliphatic heterocycles. The number of likely N-dealkylation sites (tertiary alicyclic amines) is 1. The minimum Gasteiger partial charge on any atom is -0.384 e. The van der Waals surface area contributed by atoms with Crippen LogP contribution in [0.4, 0.5) is 0 Å². The van der Waals surface area contributed by atoms with Crippen LogP contribution in [0.3, 0.4) is 0 Å². The molecule has 0 amide bonds. The van der Waals surface area contributed by atoms with Gasteiger partial charge in [0, 0.05) is 25.7 Å². The number of hydrogen-bond donors (Lipinski definition) is 3. The van der Waals surface area contributed by atoms with E-state index in [9.17, 15) is 5.11 Å². The number of halogens is 1. The average molecular weight is 474 g/mol. The van der Waals surface area contributed by atoms with Crippen LogP contribution in [0, 0.1) is 0 Å². The van der Waals surface area contributed by atoms with Crippen LogP contribution < -0.4 is 10.6 Å². The van der Waals surface area contributed by atoms with Crippen LogP contribution >= 0.6 is 24.0 Å². The van der Waals surface area contributed by atoms with Gasteiger partial charge in [0.2, 0.25) is 0 Å². The predicted octanol–water partition coefficient (Wildman–Crippen LogP) is 2.94. The number of hydrogen-bond acceptors (Lipinski definition) is 3. The Kier molecular flexibility index (Phi) is 10.5. The van der Waals surface area contributed by atoms with Crippen molar-refractivity contribution in [2.24, 2.45) is 4.99 Å². The van der Waals surface area contributed by atoms with Crippen molar-refractivity contribution in [1.29, 1.82) is 0 Å². The Morgan fingerprint density at radius 2 is 2.00 bits per heavy atom. The molecule has 5 nitrogen and oxygen atoms in total. The van der Waals surface area contributed by atoms with Gasteiger partial charge in [0.05, 0.1) is 6.54 Å². The molecule has 1 aromatic rings. The maximum Gasteiger partial charge on any atom is 0.191 e. The van der Waals surface area contributed by atoms with Gasteiger partial charge in [-0.05, 0) is 45.7 Å². The standard InChI is InChI=1S/C20H34N4O.HI/c1-4-21-19(22-13-15-24-14-9-8-10-17(24)2)23-16-20(3,25)18-11-6-5-7-12-18;/h5-7,11-12,17,25H,4,8-10,13-16H2,1-3H3,(H2,21,22,23);1H. The fourth-order valence-corrected chi connectivity index (χ4v) is 3.27. The highest BCUT2D eigenvalue weighted by molar-refractivity contribution is 14.0. The molecular formula is C20H35IN4O. The quantitative estimate of drug-likeness (QED) is 0.323. The van der Waals surface area contributed by atoms with Crippen molar-refractivity contribution in [2.45, 2.75) is 51.7 Å². The first kappa shape index (κ1) is 23.2. The summed E-state index contributed by atoms with van der Waals surface area (Å²) < 4.78 is 0. The topological polar surface area (TPSA) is 59.9 Å². The lowest BCUT2D eigenvalue weighted by Crippen LogP contribution is -2.45. The molecule has 0 spiro atoms. The van der Waals surface area contributed by atoms with Crippen LogP contribution in [-0.2, 0) is 5.60 Å². The van der Waals surface area contributed by atoms with E-state index in [1.54, 1.807) is 0 Å². The molecule has 1 heterocycles. The van der Waals surface area contributed by atoms with E-state index >= 15 is 0 Å². The van der Waals surface area contributed by atoms with Gasteiger partial charge in [0.15, 0.2) is 5.96 Å². The Morgan fingerprint density at radius 3 is 2.65 bits per heavy atom. The Bertz CT molecular complexity index is 536. The van der Waals surface area contributed by atoms with E-state index in [2.05, 4.69) is 34.4 Å². The average Bonchev–Trinajstić information content (AvgIpc) is 2.62. The van der Waals surface area contributed by atoms with Crippen LogP contribution in [-0.4, -0.2) is 54.7 Å². The monoisotopic (exact) mass is 474 g/mol. The Labute approximate surface area is 175 Å². The highest BCUT2D eigenvalue weighted by atomic mass is 127. The third kappa shape index (κ3) is 7.40. The second-order valence-electron chi connectivity index (χ2n) is 7.14. The normalized spacial score (nSPS) is 20.8. The van der Waals surface area contributed by atoms with E-state index in [1.807, 2.05) is 37.3 Å². The SMILES string of the molecule is CCNC(=NCC(C)(O)c1ccccc1)NCCN1CCCCC1C.I. The number of nitrogens with zero attached hydrogens (tertiary/aromatic N) is 2. The van der Waals surface area contributed by atoms with Gasteiger partial charge in [0.1, 0.15) is 5.60 Å². The molecule has 2 atom stereocenters. The maximum absolute atomic E-state index is 10.7. The van der Waals surface area contributed by atoms with Gasteiger partial charge in [-0.25, -0.2) is 4.99 Å². The lowest BCUT2D eigenvalue weighted by atomic mass is 9.96. The summed E-state index contributed by atoms with van der Waals surface area (Å²) >= 11 is 0. The molecule has 1 saturated heterocycles. The van der Waals surface area contributed by atoms with Gasteiger partial charge in [-0.2, -0.15) is 0 Å². The molecule has 2 unspecified atom stereocenters. The molecule has 0 aliphatic carbocycles. The molecule has 6 heteroatoms. The summed E-state index contributed by atoms with van der Waals surface area (Å²) in [5.41, 5.74) is -0.0814. The van der Waals surface area contributed by atoms with Gasteiger partial charge >= 0.3 is 0 Å². The summed E-state index contributed by atoms with van der Waals surface area (Å²) in [7, 11) is 0. The van der Waals surface area contributed by atoms with Crippen LogP contribution in [0.1, 0.15) is 45.6 Å². The highest BCUT2D eigenvalue weighted by Gasteiger charge is 2.22. The lowest BCUT2D eigenvalue weighted by molar-refractivity contribution is 0.0672. The van der Waals surface area contributed by atoms with E-state index in [0.717, 1.165) is 31.2 Å². The molecule has 1 fully saturated rings. The zero-order valence-corrected chi connectivity index (χ0v) is 18.7. The number of rotatable bonds is 7. The first-order valence-electron chi connectivity index (χ1n) is 9.57. The molecular weight excluding hydrogens is 439 g/mol. The summed E-state index contributed by atoms with van der Waals surface area (Å²) in [5, 5.41) is 17.4. The summed E-state index contributed by atoms with van der Waals surface area (Å²) in [6.45, 7) is 10.4. The number of benzene rings is 1. The zero-order chi connectivity index (χ0) is 18.1. The van der Waals surface area contributed by atoms with Crippen LogP contribution in [0.15, 0.2) is 35.3 Å². The maximum atomic E-state index is 10.7. The molecule has 0 aromatic heterocycles. The summed E-state index contributed by atoms with van der Waals surface area (Å²) in [6.07, 6.45) is 3.95. The van der Waals surface area contributed by atoms with Gasteiger partial charge in [0.25, 0.3) is 0 Å². The molecule has 148 valence electrons. The van der Waals surface area contributed by atoms with Crippen LogP contribution in [0.25, 0.3) is 0 Å². The van der Waals surface area contributed by atoms with E-state index in [1.165, 1.54) is 25.8 Å². The zero-order valence-electron chi connectivity index (χ0n) is 16.4. The summed E-state index contributed by atoms with van der Waals surface area (Å²) in [6, 6.07) is 10.4. The second kappa shape index (κ2) is 11.8. The Balaban J connectivity index is 0.00000338. The van der Waals surface area contributed by atoms with Crippen LogP contribution in [0.2, 0.25) is 0 Å². The van der Waals surface area contributed by atoms with Crippen molar-refractivity contribution in [3.63, 3.8) is 0 Å². The van der Waals surface area contributed by atoms with E-state index in [0.29, 0.717) is 12.6 Å². The lowest BCUT2D eigenvalue weighted by Gasteiger charge is -2.33. The van der Waals surface area contributed by atoms with Crippen molar-refractivity contribution in [3.05, 3.63) is 35.9 Å². The first-order chi connectivity index (χ1) is 12.0. The van der Waals surface area contributed by atoms with Crippen molar-refractivity contribution in [3.8, 4) is 0 Å². The smallest absolute Gasteiger partial charge is 0.191 e. The fourth-order valence-electron chi connectivity index (χ4n) is 3.27. The van der Waals surface area contributed by atoms with Gasteiger partial charge in [-0.1, -0.05) is 36.8 Å². The third-order valence-electron chi connectivity index (χ3n) is 4.92. The fraction of sp³-hybridized carbons (Fsp3) is 0.650. The van der Waals surface area contributed by atoms with E-state index in [-0.39, 0.29) is 24.0 Å². The molecule has 1 aliphatic rings. The molecule has 2 rings (SSSR count). The number of nitrogens with one attached hydrogen (secondary N) is 2.